The number of piperidine rings is 1. The van der Waals surface area contributed by atoms with E-state index in [9.17, 15) is 13.2 Å². The molecule has 4 aromatic rings. The number of ether oxygens (including phenoxy) is 1. The van der Waals surface area contributed by atoms with Crippen LogP contribution in [0.4, 0.5) is 0 Å². The van der Waals surface area contributed by atoms with Gasteiger partial charge in [0.05, 0.1) is 10.5 Å². The maximum atomic E-state index is 12.9. The van der Waals surface area contributed by atoms with Gasteiger partial charge in [0.1, 0.15) is 16.9 Å². The Labute approximate surface area is 186 Å². The summed E-state index contributed by atoms with van der Waals surface area (Å²) in [5.74, 6) is 0.388. The Balaban J connectivity index is 1.34. The van der Waals surface area contributed by atoms with Crippen LogP contribution in [0.1, 0.15) is 30.1 Å². The summed E-state index contributed by atoms with van der Waals surface area (Å²) in [5.41, 5.74) is 1.77. The topological polar surface area (TPSA) is 76.8 Å². The van der Waals surface area contributed by atoms with Gasteiger partial charge in [-0.3, -0.25) is 0 Å². The molecule has 0 atom stereocenters. The fraction of sp³-hybridized carbons (Fsp3) is 0.240. The highest BCUT2D eigenvalue weighted by molar-refractivity contribution is 7.89. The van der Waals surface area contributed by atoms with Crippen molar-refractivity contribution in [3.05, 3.63) is 72.3 Å². The SMILES string of the molecule is CC1CCN(S(=O)(=O)c2ccc(C(=O)Oc3ccc4oc5ccccc5c4c3)cc2)CC1. The lowest BCUT2D eigenvalue weighted by Gasteiger charge is -2.29. The molecule has 0 unspecified atom stereocenters. The van der Waals surface area contributed by atoms with Gasteiger partial charge >= 0.3 is 5.97 Å². The molecule has 7 heteroatoms. The van der Waals surface area contributed by atoms with Crippen molar-refractivity contribution in [1.82, 2.24) is 4.31 Å². The fourth-order valence-electron chi connectivity index (χ4n) is 4.07. The number of benzene rings is 3. The second-order valence-electron chi connectivity index (χ2n) is 8.26. The van der Waals surface area contributed by atoms with Crippen LogP contribution in [0.25, 0.3) is 21.9 Å². The van der Waals surface area contributed by atoms with Crippen LogP contribution < -0.4 is 4.74 Å². The van der Waals surface area contributed by atoms with Crippen molar-refractivity contribution in [3.63, 3.8) is 0 Å². The van der Waals surface area contributed by atoms with Gasteiger partial charge in [-0.15, -0.1) is 0 Å². The predicted octanol–water partition coefficient (Wildman–Crippen LogP) is 5.23. The minimum Gasteiger partial charge on any atom is -0.456 e. The number of esters is 1. The van der Waals surface area contributed by atoms with E-state index in [2.05, 4.69) is 6.92 Å². The van der Waals surface area contributed by atoms with Crippen LogP contribution in [0.15, 0.2) is 76.0 Å². The third-order valence-electron chi connectivity index (χ3n) is 6.03. The fourth-order valence-corrected chi connectivity index (χ4v) is 5.54. The number of hydrogen-bond acceptors (Lipinski definition) is 5. The third-order valence-corrected chi connectivity index (χ3v) is 7.94. The molecule has 6 nitrogen and oxygen atoms in total. The lowest BCUT2D eigenvalue weighted by molar-refractivity contribution is 0.0735. The summed E-state index contributed by atoms with van der Waals surface area (Å²) in [4.78, 5) is 12.8. The highest BCUT2D eigenvalue weighted by Crippen LogP contribution is 2.31. The summed E-state index contributed by atoms with van der Waals surface area (Å²) in [6.07, 6.45) is 1.72. The van der Waals surface area contributed by atoms with E-state index < -0.39 is 16.0 Å². The standard InChI is InChI=1S/C25H23NO5S/c1-17-12-14-26(15-13-17)32(28,29)20-9-6-18(7-10-20)25(27)30-19-8-11-24-22(16-19)21-4-2-3-5-23(21)31-24/h2-11,16-17H,12-15H2,1H3. The average molecular weight is 450 g/mol. The second kappa shape index (κ2) is 8.07. The van der Waals surface area contributed by atoms with Gasteiger partial charge in [-0.1, -0.05) is 25.1 Å². The quantitative estimate of drug-likeness (QED) is 0.315. The van der Waals surface area contributed by atoms with Crippen molar-refractivity contribution in [1.29, 1.82) is 0 Å². The summed E-state index contributed by atoms with van der Waals surface area (Å²) in [6, 6.07) is 18.8. The van der Waals surface area contributed by atoms with Crippen molar-refractivity contribution in [3.8, 4) is 5.75 Å². The Bertz CT molecular complexity index is 1400. The highest BCUT2D eigenvalue weighted by Gasteiger charge is 2.28. The Kier molecular flexibility index (Phi) is 5.23. The van der Waals surface area contributed by atoms with Crippen molar-refractivity contribution < 1.29 is 22.4 Å². The molecule has 5 rings (SSSR count). The molecule has 0 N–H and O–H groups in total. The van der Waals surface area contributed by atoms with Gasteiger partial charge in [-0.05, 0) is 67.3 Å². The molecule has 0 aliphatic carbocycles. The molecule has 1 aromatic heterocycles. The van der Waals surface area contributed by atoms with E-state index in [1.807, 2.05) is 24.3 Å². The van der Waals surface area contributed by atoms with Gasteiger partial charge in [0.25, 0.3) is 0 Å². The zero-order chi connectivity index (χ0) is 22.3. The zero-order valence-electron chi connectivity index (χ0n) is 17.7. The smallest absolute Gasteiger partial charge is 0.343 e. The number of hydrogen-bond donors (Lipinski definition) is 0. The number of nitrogens with zero attached hydrogens (tertiary/aromatic N) is 1. The number of fused-ring (bicyclic) bond motifs is 3. The molecule has 1 saturated heterocycles. The van der Waals surface area contributed by atoms with E-state index in [4.69, 9.17) is 9.15 Å². The Hall–Kier alpha value is -3.16. The molecular formula is C25H23NO5S. The molecule has 1 aliphatic heterocycles. The molecule has 0 amide bonds. The largest absolute Gasteiger partial charge is 0.456 e. The van der Waals surface area contributed by atoms with E-state index in [0.29, 0.717) is 30.3 Å². The predicted molar refractivity (Wildman–Crippen MR) is 122 cm³/mol. The van der Waals surface area contributed by atoms with E-state index >= 15 is 0 Å². The molecule has 0 radical (unpaired) electrons. The van der Waals surface area contributed by atoms with Crippen LogP contribution in [0.2, 0.25) is 0 Å². The molecule has 32 heavy (non-hydrogen) atoms. The van der Waals surface area contributed by atoms with Crippen LogP contribution >= 0.6 is 0 Å². The number of rotatable bonds is 4. The Morgan fingerprint density at radius 3 is 2.38 bits per heavy atom. The minimum atomic E-state index is -3.55. The van der Waals surface area contributed by atoms with Gasteiger partial charge in [-0.2, -0.15) is 4.31 Å². The number of sulfonamides is 1. The lowest BCUT2D eigenvalue weighted by atomic mass is 10.0. The molecule has 3 aromatic carbocycles. The van der Waals surface area contributed by atoms with Gasteiger partial charge in [0.15, 0.2) is 0 Å². The van der Waals surface area contributed by atoms with E-state index in [1.165, 1.54) is 28.6 Å². The van der Waals surface area contributed by atoms with Crippen LogP contribution in [0, 0.1) is 5.92 Å². The number of carbonyl (C=O) groups is 1. The number of para-hydroxylation sites is 1. The summed E-state index contributed by atoms with van der Waals surface area (Å²) in [7, 11) is -3.55. The van der Waals surface area contributed by atoms with Crippen molar-refractivity contribution in [2.24, 2.45) is 5.92 Å². The Morgan fingerprint density at radius 1 is 0.938 bits per heavy atom. The molecule has 0 spiro atoms. The van der Waals surface area contributed by atoms with Gasteiger partial charge in [-0.25, -0.2) is 13.2 Å². The highest BCUT2D eigenvalue weighted by atomic mass is 32.2. The second-order valence-corrected chi connectivity index (χ2v) is 10.2. The maximum absolute atomic E-state index is 12.9. The molecule has 0 saturated carbocycles. The molecule has 0 bridgehead atoms. The van der Waals surface area contributed by atoms with E-state index in [0.717, 1.165) is 29.2 Å². The lowest BCUT2D eigenvalue weighted by Crippen LogP contribution is -2.37. The van der Waals surface area contributed by atoms with Crippen LogP contribution in [-0.2, 0) is 10.0 Å². The number of furan rings is 1. The normalized spacial score (nSPS) is 15.9. The third kappa shape index (κ3) is 3.78. The summed E-state index contributed by atoms with van der Waals surface area (Å²) in [5, 5.41) is 1.81. The zero-order valence-corrected chi connectivity index (χ0v) is 18.5. The van der Waals surface area contributed by atoms with Crippen molar-refractivity contribution >= 4 is 37.9 Å². The first-order valence-corrected chi connectivity index (χ1v) is 12.1. The first kappa shape index (κ1) is 20.7. The van der Waals surface area contributed by atoms with Crippen molar-refractivity contribution in [2.45, 2.75) is 24.7 Å². The van der Waals surface area contributed by atoms with Crippen LogP contribution in [-0.4, -0.2) is 31.8 Å². The molecular weight excluding hydrogens is 426 g/mol. The summed E-state index contributed by atoms with van der Waals surface area (Å²) >= 11 is 0. The van der Waals surface area contributed by atoms with Crippen LogP contribution in [0.5, 0.6) is 5.75 Å². The minimum absolute atomic E-state index is 0.190. The first-order valence-electron chi connectivity index (χ1n) is 10.7. The molecule has 1 aliphatic rings. The van der Waals surface area contributed by atoms with E-state index in [1.54, 1.807) is 18.2 Å². The summed E-state index contributed by atoms with van der Waals surface area (Å²) in [6.45, 7) is 3.19. The number of carbonyl (C=O) groups excluding carboxylic acids is 1. The molecule has 1 fully saturated rings. The molecule has 164 valence electrons. The monoisotopic (exact) mass is 449 g/mol. The first-order chi connectivity index (χ1) is 15.4. The maximum Gasteiger partial charge on any atom is 0.343 e. The van der Waals surface area contributed by atoms with Gasteiger partial charge in [0, 0.05) is 23.9 Å². The van der Waals surface area contributed by atoms with E-state index in [-0.39, 0.29) is 10.5 Å². The van der Waals surface area contributed by atoms with Crippen molar-refractivity contribution in [2.75, 3.05) is 13.1 Å². The molecule has 2 heterocycles. The Morgan fingerprint density at radius 2 is 1.62 bits per heavy atom. The van der Waals surface area contributed by atoms with Crippen LogP contribution in [0.3, 0.4) is 0 Å². The summed E-state index contributed by atoms with van der Waals surface area (Å²) < 4.78 is 38.6. The average Bonchev–Trinajstić information content (AvgIpc) is 3.17. The van der Waals surface area contributed by atoms with Gasteiger partial charge in [0.2, 0.25) is 10.0 Å². The van der Waals surface area contributed by atoms with Gasteiger partial charge < -0.3 is 9.15 Å².